The fourth-order valence-corrected chi connectivity index (χ4v) is 4.22. The lowest BCUT2D eigenvalue weighted by Crippen LogP contribution is -2.42. The van der Waals surface area contributed by atoms with E-state index >= 15 is 0 Å². The maximum atomic E-state index is 12.2. The second kappa shape index (κ2) is 5.76. The van der Waals surface area contributed by atoms with Gasteiger partial charge in [-0.1, -0.05) is 6.92 Å². The van der Waals surface area contributed by atoms with Crippen molar-refractivity contribution in [2.45, 2.75) is 76.3 Å². The first kappa shape index (κ1) is 16.5. The van der Waals surface area contributed by atoms with Gasteiger partial charge in [0.1, 0.15) is 5.60 Å². The predicted octanol–water partition coefficient (Wildman–Crippen LogP) is 1.86. The molecule has 0 unspecified atom stereocenters. The molecule has 2 atom stereocenters. The molecule has 0 spiro atoms. The van der Waals surface area contributed by atoms with Gasteiger partial charge in [-0.25, -0.2) is 17.9 Å². The van der Waals surface area contributed by atoms with Gasteiger partial charge in [-0.15, -0.1) is 0 Å². The molecule has 1 heterocycles. The molecule has 2 fully saturated rings. The fourth-order valence-electron chi connectivity index (χ4n) is 2.64. The van der Waals surface area contributed by atoms with E-state index in [0.717, 1.165) is 19.3 Å². The first-order valence-corrected chi connectivity index (χ1v) is 9.18. The molecule has 1 amide bonds. The van der Waals surface area contributed by atoms with Gasteiger partial charge in [0.15, 0.2) is 0 Å². The number of nitrogens with one attached hydrogen (secondary N) is 1. The summed E-state index contributed by atoms with van der Waals surface area (Å²) in [5.74, 6) is 0. The van der Waals surface area contributed by atoms with Crippen LogP contribution >= 0.6 is 0 Å². The molecule has 1 aliphatic heterocycles. The van der Waals surface area contributed by atoms with E-state index < -0.39 is 15.6 Å². The third-order valence-electron chi connectivity index (χ3n) is 3.81. The van der Waals surface area contributed by atoms with E-state index in [1.54, 1.807) is 4.90 Å². The standard InChI is InChI=1S/C14H26N2O4S/c1-5-11-8-10(15-21(18,19)12-6-7-12)9-16(11)13(17)20-14(2,3)4/h10-12,15H,5-9H2,1-4H3/t10-,11+/m0/s1. The van der Waals surface area contributed by atoms with Crippen molar-refractivity contribution in [3.05, 3.63) is 0 Å². The van der Waals surface area contributed by atoms with E-state index in [1.165, 1.54) is 0 Å². The molecule has 0 aromatic carbocycles. The highest BCUT2D eigenvalue weighted by atomic mass is 32.2. The summed E-state index contributed by atoms with van der Waals surface area (Å²) in [6, 6.07) is -0.167. The van der Waals surface area contributed by atoms with Gasteiger partial charge in [0, 0.05) is 18.6 Å². The van der Waals surface area contributed by atoms with E-state index in [0.29, 0.717) is 13.0 Å². The van der Waals surface area contributed by atoms with Crippen LogP contribution in [0.25, 0.3) is 0 Å². The van der Waals surface area contributed by atoms with Crippen molar-refractivity contribution < 1.29 is 17.9 Å². The van der Waals surface area contributed by atoms with Crippen LogP contribution in [0.5, 0.6) is 0 Å². The second-order valence-electron chi connectivity index (χ2n) is 6.99. The Kier molecular flexibility index (Phi) is 4.54. The number of hydrogen-bond donors (Lipinski definition) is 1. The molecule has 21 heavy (non-hydrogen) atoms. The Morgan fingerprint density at radius 2 is 1.95 bits per heavy atom. The van der Waals surface area contributed by atoms with Crippen LogP contribution in [0.2, 0.25) is 0 Å². The molecule has 0 aromatic rings. The summed E-state index contributed by atoms with van der Waals surface area (Å²) in [6.45, 7) is 7.87. The van der Waals surface area contributed by atoms with Crippen LogP contribution in [-0.4, -0.2) is 48.9 Å². The number of sulfonamides is 1. The Bertz CT molecular complexity index is 494. The predicted molar refractivity (Wildman–Crippen MR) is 80.5 cm³/mol. The van der Waals surface area contributed by atoms with Gasteiger partial charge in [0.2, 0.25) is 10.0 Å². The number of amides is 1. The fraction of sp³-hybridized carbons (Fsp3) is 0.929. The smallest absolute Gasteiger partial charge is 0.410 e. The zero-order valence-electron chi connectivity index (χ0n) is 13.3. The van der Waals surface area contributed by atoms with E-state index in [4.69, 9.17) is 4.74 Å². The van der Waals surface area contributed by atoms with Crippen LogP contribution in [0.15, 0.2) is 0 Å². The number of rotatable bonds is 4. The van der Waals surface area contributed by atoms with Gasteiger partial charge >= 0.3 is 6.09 Å². The minimum absolute atomic E-state index is 0.0340. The molecular formula is C14H26N2O4S. The molecule has 1 aliphatic carbocycles. The van der Waals surface area contributed by atoms with E-state index in [-0.39, 0.29) is 23.4 Å². The van der Waals surface area contributed by atoms with Crippen molar-refractivity contribution in [1.82, 2.24) is 9.62 Å². The van der Waals surface area contributed by atoms with Crippen molar-refractivity contribution in [3.8, 4) is 0 Å². The Balaban J connectivity index is 1.98. The lowest BCUT2D eigenvalue weighted by molar-refractivity contribution is 0.0221. The van der Waals surface area contributed by atoms with Crippen molar-refractivity contribution in [2.24, 2.45) is 0 Å². The van der Waals surface area contributed by atoms with Gasteiger partial charge in [-0.05, 0) is 46.5 Å². The van der Waals surface area contributed by atoms with Crippen LogP contribution in [0.4, 0.5) is 4.79 Å². The molecule has 0 bridgehead atoms. The molecule has 0 radical (unpaired) electrons. The highest BCUT2D eigenvalue weighted by Gasteiger charge is 2.42. The van der Waals surface area contributed by atoms with Gasteiger partial charge in [-0.3, -0.25) is 0 Å². The largest absolute Gasteiger partial charge is 0.444 e. The molecule has 2 aliphatic rings. The molecule has 2 rings (SSSR count). The maximum Gasteiger partial charge on any atom is 0.410 e. The number of carbonyl (C=O) groups excluding carboxylic acids is 1. The van der Waals surface area contributed by atoms with Gasteiger partial charge < -0.3 is 9.64 Å². The van der Waals surface area contributed by atoms with Gasteiger partial charge in [0.25, 0.3) is 0 Å². The summed E-state index contributed by atoms with van der Waals surface area (Å²) in [5.41, 5.74) is -0.541. The minimum Gasteiger partial charge on any atom is -0.444 e. The summed E-state index contributed by atoms with van der Waals surface area (Å²) < 4.78 is 32.2. The van der Waals surface area contributed by atoms with E-state index in [9.17, 15) is 13.2 Å². The zero-order chi connectivity index (χ0) is 15.8. The summed E-state index contributed by atoms with van der Waals surface area (Å²) in [6.07, 6.45) is 2.58. The Morgan fingerprint density at radius 1 is 1.33 bits per heavy atom. The highest BCUT2D eigenvalue weighted by Crippen LogP contribution is 2.30. The van der Waals surface area contributed by atoms with Crippen molar-refractivity contribution in [3.63, 3.8) is 0 Å². The van der Waals surface area contributed by atoms with Crippen LogP contribution in [0, 0.1) is 0 Å². The van der Waals surface area contributed by atoms with Crippen LogP contribution in [0.1, 0.15) is 53.4 Å². The summed E-state index contributed by atoms with van der Waals surface area (Å²) in [4.78, 5) is 13.9. The lowest BCUT2D eigenvalue weighted by atomic mass is 10.1. The van der Waals surface area contributed by atoms with Crippen molar-refractivity contribution >= 4 is 16.1 Å². The number of likely N-dealkylation sites (tertiary alicyclic amines) is 1. The lowest BCUT2D eigenvalue weighted by Gasteiger charge is -2.28. The van der Waals surface area contributed by atoms with E-state index in [1.807, 2.05) is 27.7 Å². The Labute approximate surface area is 127 Å². The van der Waals surface area contributed by atoms with Gasteiger partial charge in [-0.2, -0.15) is 0 Å². The minimum atomic E-state index is -3.22. The van der Waals surface area contributed by atoms with Crippen LogP contribution < -0.4 is 4.72 Å². The SMILES string of the molecule is CC[C@@H]1C[C@H](NS(=O)(=O)C2CC2)CN1C(=O)OC(C)(C)C. The molecule has 122 valence electrons. The number of hydrogen-bond acceptors (Lipinski definition) is 4. The summed E-state index contributed by atoms with van der Waals surface area (Å²) in [7, 11) is -3.22. The second-order valence-corrected chi connectivity index (χ2v) is 8.98. The third-order valence-corrected chi connectivity index (χ3v) is 5.82. The Morgan fingerprint density at radius 3 is 2.43 bits per heavy atom. The maximum absolute atomic E-state index is 12.2. The first-order chi connectivity index (χ1) is 9.62. The average Bonchev–Trinajstić information content (AvgIpc) is 3.10. The topological polar surface area (TPSA) is 75.7 Å². The number of ether oxygens (including phenoxy) is 1. The highest BCUT2D eigenvalue weighted by molar-refractivity contribution is 7.90. The van der Waals surface area contributed by atoms with Crippen molar-refractivity contribution in [1.29, 1.82) is 0 Å². The molecule has 1 N–H and O–H groups in total. The Hall–Kier alpha value is -0.820. The summed E-state index contributed by atoms with van der Waals surface area (Å²) in [5, 5.41) is -0.229. The average molecular weight is 318 g/mol. The molecular weight excluding hydrogens is 292 g/mol. The van der Waals surface area contributed by atoms with Crippen molar-refractivity contribution in [2.75, 3.05) is 6.54 Å². The monoisotopic (exact) mass is 318 g/mol. The van der Waals surface area contributed by atoms with Crippen LogP contribution in [-0.2, 0) is 14.8 Å². The molecule has 1 saturated carbocycles. The summed E-state index contributed by atoms with van der Waals surface area (Å²) >= 11 is 0. The van der Waals surface area contributed by atoms with Crippen LogP contribution in [0.3, 0.4) is 0 Å². The first-order valence-electron chi connectivity index (χ1n) is 7.63. The molecule has 1 saturated heterocycles. The molecule has 0 aromatic heterocycles. The van der Waals surface area contributed by atoms with E-state index in [2.05, 4.69) is 4.72 Å². The third kappa shape index (κ3) is 4.32. The molecule has 7 heteroatoms. The number of nitrogens with zero attached hydrogens (tertiary/aromatic N) is 1. The zero-order valence-corrected chi connectivity index (χ0v) is 14.1. The number of carbonyl (C=O) groups is 1. The normalized spacial score (nSPS) is 27.0. The molecule has 6 nitrogen and oxygen atoms in total. The van der Waals surface area contributed by atoms with Gasteiger partial charge in [0.05, 0.1) is 5.25 Å². The quantitative estimate of drug-likeness (QED) is 0.858.